The van der Waals surface area contributed by atoms with Gasteiger partial charge >= 0.3 is 18.0 Å². The van der Waals surface area contributed by atoms with Gasteiger partial charge in [-0.05, 0) is 31.6 Å². The van der Waals surface area contributed by atoms with Gasteiger partial charge in [-0.1, -0.05) is 6.92 Å². The van der Waals surface area contributed by atoms with Crippen LogP contribution in [0.4, 0.5) is 13.2 Å². The van der Waals surface area contributed by atoms with Crippen LogP contribution in [0.2, 0.25) is 0 Å². The summed E-state index contributed by atoms with van der Waals surface area (Å²) in [7, 11) is 0. The van der Waals surface area contributed by atoms with Crippen molar-refractivity contribution in [1.82, 2.24) is 11.1 Å². The molecule has 0 bridgehead atoms. The maximum atomic E-state index is 13.2. The van der Waals surface area contributed by atoms with Gasteiger partial charge in [-0.2, -0.15) is 13.2 Å². The molecule has 2 rings (SSSR count). The number of carbonyl (C=O) groups is 2. The summed E-state index contributed by atoms with van der Waals surface area (Å²) < 4.78 is 39.5. The van der Waals surface area contributed by atoms with E-state index in [0.29, 0.717) is 6.42 Å². The van der Waals surface area contributed by atoms with E-state index in [2.05, 4.69) is 0 Å². The first kappa shape index (κ1) is 16.7. The average Bonchev–Trinajstić information content (AvgIpc) is 3.08. The molecule has 8 heteroatoms. The Bertz CT molecular complexity index is 407. The maximum absolute atomic E-state index is 13.2. The number of hydrogen-bond donors (Lipinski definition) is 2. The van der Waals surface area contributed by atoms with E-state index < -0.39 is 29.4 Å². The van der Waals surface area contributed by atoms with Gasteiger partial charge in [0, 0.05) is 12.6 Å². The molecule has 116 valence electrons. The van der Waals surface area contributed by atoms with Gasteiger partial charge in [0.15, 0.2) is 0 Å². The van der Waals surface area contributed by atoms with E-state index >= 15 is 0 Å². The number of likely N-dealkylation sites (tertiary alicyclic amines) is 1. The van der Waals surface area contributed by atoms with Crippen LogP contribution in [-0.2, 0) is 9.59 Å². The molecule has 1 saturated heterocycles. The Labute approximate surface area is 115 Å². The van der Waals surface area contributed by atoms with Gasteiger partial charge in [0.25, 0.3) is 0 Å². The van der Waals surface area contributed by atoms with Crippen molar-refractivity contribution in [2.75, 3.05) is 6.54 Å². The van der Waals surface area contributed by atoms with E-state index in [1.165, 1.54) is 0 Å². The Hall–Kier alpha value is -1.31. The van der Waals surface area contributed by atoms with E-state index in [1.807, 2.05) is 6.92 Å². The van der Waals surface area contributed by atoms with Crippen LogP contribution < -0.4 is 11.9 Å². The van der Waals surface area contributed by atoms with Gasteiger partial charge in [-0.15, -0.1) is 0 Å². The van der Waals surface area contributed by atoms with Crippen LogP contribution in [0.15, 0.2) is 0 Å². The molecule has 5 nitrogen and oxygen atoms in total. The molecule has 0 radical (unpaired) electrons. The van der Waals surface area contributed by atoms with Gasteiger partial charge < -0.3 is 16.8 Å². The van der Waals surface area contributed by atoms with Crippen molar-refractivity contribution in [3.63, 3.8) is 0 Å². The van der Waals surface area contributed by atoms with Crippen LogP contribution in [0.25, 0.3) is 0 Å². The van der Waals surface area contributed by atoms with Crippen molar-refractivity contribution in [1.29, 1.82) is 0 Å². The molecular weight excluding hydrogens is 275 g/mol. The minimum Gasteiger partial charge on any atom is -0.361 e. The van der Waals surface area contributed by atoms with Gasteiger partial charge in [0.05, 0.1) is 5.41 Å². The molecule has 2 aliphatic rings. The minimum atomic E-state index is -4.34. The molecule has 1 heterocycles. The lowest BCUT2D eigenvalue weighted by atomic mass is 9.83. The zero-order valence-corrected chi connectivity index (χ0v) is 11.4. The second-order valence-electron chi connectivity index (χ2n) is 5.67. The summed E-state index contributed by atoms with van der Waals surface area (Å²) in [5.74, 6) is -2.09. The highest BCUT2D eigenvalue weighted by Gasteiger charge is 2.69. The van der Waals surface area contributed by atoms with Crippen LogP contribution in [-0.4, -0.2) is 35.5 Å². The number of primary amides is 1. The number of halogens is 3. The lowest BCUT2D eigenvalue weighted by Crippen LogP contribution is -2.56. The number of piperidine rings is 1. The number of alkyl halides is 3. The molecule has 2 amide bonds. The average molecular weight is 295 g/mol. The summed E-state index contributed by atoms with van der Waals surface area (Å²) >= 11 is 0. The molecule has 20 heavy (non-hydrogen) atoms. The SMILES string of the molecule is C[C@H]1CC[C@H](C2(C(F)(F)F)CC2)N(C(=O)C(N)=O)C1.N. The lowest BCUT2D eigenvalue weighted by Gasteiger charge is -2.43. The summed E-state index contributed by atoms with van der Waals surface area (Å²) in [5, 5.41) is 0. The molecule has 1 saturated carbocycles. The largest absolute Gasteiger partial charge is 0.396 e. The molecule has 0 unspecified atom stereocenters. The molecule has 5 N–H and O–H groups in total. The second-order valence-corrected chi connectivity index (χ2v) is 5.67. The number of hydrogen-bond acceptors (Lipinski definition) is 3. The van der Waals surface area contributed by atoms with E-state index in [9.17, 15) is 22.8 Å². The molecule has 2 fully saturated rings. The van der Waals surface area contributed by atoms with Gasteiger partial charge in [-0.3, -0.25) is 9.59 Å². The maximum Gasteiger partial charge on any atom is 0.396 e. The fourth-order valence-electron chi connectivity index (χ4n) is 3.03. The first-order valence-electron chi connectivity index (χ1n) is 6.36. The Morgan fingerprint density at radius 3 is 2.20 bits per heavy atom. The van der Waals surface area contributed by atoms with Gasteiger partial charge in [0.1, 0.15) is 0 Å². The minimum absolute atomic E-state index is 0. The quantitative estimate of drug-likeness (QED) is 0.719. The third kappa shape index (κ3) is 2.61. The third-order valence-corrected chi connectivity index (χ3v) is 4.28. The topological polar surface area (TPSA) is 98.4 Å². The van der Waals surface area contributed by atoms with Crippen molar-refractivity contribution in [3.05, 3.63) is 0 Å². The van der Waals surface area contributed by atoms with E-state index in [0.717, 1.165) is 4.90 Å². The lowest BCUT2D eigenvalue weighted by molar-refractivity contribution is -0.210. The van der Waals surface area contributed by atoms with E-state index in [1.54, 1.807) is 0 Å². The van der Waals surface area contributed by atoms with Gasteiger partial charge in [-0.25, -0.2) is 0 Å². The highest BCUT2D eigenvalue weighted by Crippen LogP contribution is 2.62. The zero-order chi connectivity index (χ0) is 14.4. The highest BCUT2D eigenvalue weighted by molar-refractivity contribution is 6.34. The fourth-order valence-corrected chi connectivity index (χ4v) is 3.03. The number of nitrogens with zero attached hydrogens (tertiary/aromatic N) is 1. The number of carbonyl (C=O) groups excluding carboxylic acids is 2. The monoisotopic (exact) mass is 295 g/mol. The Morgan fingerprint density at radius 1 is 1.25 bits per heavy atom. The number of nitrogens with two attached hydrogens (primary N) is 1. The summed E-state index contributed by atoms with van der Waals surface area (Å²) in [6.45, 7) is 2.02. The Morgan fingerprint density at radius 2 is 1.80 bits per heavy atom. The van der Waals surface area contributed by atoms with Crippen molar-refractivity contribution in [2.24, 2.45) is 17.1 Å². The molecular formula is C12H20F3N3O2. The second kappa shape index (κ2) is 5.23. The fraction of sp³-hybridized carbons (Fsp3) is 0.833. The Balaban J connectivity index is 0.00000200. The van der Waals surface area contributed by atoms with Crippen LogP contribution in [0.1, 0.15) is 32.6 Å². The summed E-state index contributed by atoms with van der Waals surface area (Å²) in [6.07, 6.45) is -3.38. The number of rotatable bonds is 1. The summed E-state index contributed by atoms with van der Waals surface area (Å²) in [5.41, 5.74) is 3.11. The van der Waals surface area contributed by atoms with Crippen molar-refractivity contribution in [3.8, 4) is 0 Å². The molecule has 0 spiro atoms. The summed E-state index contributed by atoms with van der Waals surface area (Å²) in [6, 6.07) is -0.941. The molecule has 0 aromatic rings. The summed E-state index contributed by atoms with van der Waals surface area (Å²) in [4.78, 5) is 23.8. The predicted molar refractivity (Wildman–Crippen MR) is 65.8 cm³/mol. The predicted octanol–water partition coefficient (Wildman–Crippen LogP) is 1.60. The van der Waals surface area contributed by atoms with Crippen LogP contribution in [0.5, 0.6) is 0 Å². The first-order chi connectivity index (χ1) is 8.69. The molecule has 2 atom stereocenters. The van der Waals surface area contributed by atoms with Crippen molar-refractivity contribution in [2.45, 2.75) is 44.8 Å². The molecule has 0 aromatic heterocycles. The van der Waals surface area contributed by atoms with Crippen LogP contribution in [0, 0.1) is 11.3 Å². The van der Waals surface area contributed by atoms with Gasteiger partial charge in [0.2, 0.25) is 0 Å². The normalized spacial score (nSPS) is 28.5. The van der Waals surface area contributed by atoms with Crippen molar-refractivity contribution >= 4 is 11.8 Å². The van der Waals surface area contributed by atoms with Crippen molar-refractivity contribution < 1.29 is 22.8 Å². The molecule has 0 aromatic carbocycles. The van der Waals surface area contributed by atoms with E-state index in [-0.39, 0.29) is 37.9 Å². The zero-order valence-electron chi connectivity index (χ0n) is 11.4. The standard InChI is InChI=1S/C12H17F3N2O2.H3N/c1-7-2-3-8(11(4-5-11)12(13,14)15)17(6-7)10(19)9(16)18;/h7-8H,2-6H2,1H3,(H2,16,18);1H3/t7-,8+;/m0./s1. The van der Waals surface area contributed by atoms with Crippen LogP contribution in [0.3, 0.4) is 0 Å². The van der Waals surface area contributed by atoms with Crippen LogP contribution >= 0.6 is 0 Å². The van der Waals surface area contributed by atoms with E-state index in [4.69, 9.17) is 5.73 Å². The Kier molecular flexibility index (Phi) is 4.38. The highest BCUT2D eigenvalue weighted by atomic mass is 19.4. The molecule has 1 aliphatic heterocycles. The smallest absolute Gasteiger partial charge is 0.361 e. The number of amides is 2. The third-order valence-electron chi connectivity index (χ3n) is 4.28. The molecule has 1 aliphatic carbocycles. The first-order valence-corrected chi connectivity index (χ1v) is 6.36.